The van der Waals surface area contributed by atoms with Gasteiger partial charge < -0.3 is 31.1 Å². The summed E-state index contributed by atoms with van der Waals surface area (Å²) in [6.07, 6.45) is 2.83. The van der Waals surface area contributed by atoms with E-state index in [1.54, 1.807) is 21.0 Å². The molecule has 0 spiro atoms. The number of pyridine rings is 1. The number of ketones is 2. The Morgan fingerprint density at radius 2 is 1.85 bits per heavy atom. The molecular weight excluding hydrogens is 507 g/mol. The Kier molecular flexibility index (Phi) is 6.38. The Balaban J connectivity index is 0.00000306. The number of fused-ring (bicyclic) bond motifs is 3. The van der Waals surface area contributed by atoms with Crippen LogP contribution in [0.3, 0.4) is 0 Å². The largest absolute Gasteiger partial charge is 0.531 e. The normalized spacial score (nSPS) is 31.1. The average Bonchev–Trinajstić information content (AvgIpc) is 2.70. The van der Waals surface area contributed by atoms with Gasteiger partial charge in [-0.2, -0.15) is 0 Å². The molecule has 173 valence electrons. The molecule has 1 saturated carbocycles. The standard InChI is InChI=1S/C22H24N3O7.Y/c1-7-9-5-11-15(25(3)4)18(28)14(21(23)31)20(30)22(11,32)19(29)13(9)17(27)12-10(7)6-24-8(2)16(12)26;/h7,9,11,15,26-27,30,32H,5H2,1-4H3,(H2,23,31);/q-1;/t7-,9-,11+,15+,22+;/m1./s1. The van der Waals surface area contributed by atoms with E-state index < -0.39 is 64.0 Å². The summed E-state index contributed by atoms with van der Waals surface area (Å²) < 4.78 is 0. The maximum Gasteiger partial charge on any atom is 0.255 e. The number of hydrogen-bond acceptors (Lipinski definition) is 9. The van der Waals surface area contributed by atoms with E-state index in [2.05, 4.69) is 11.2 Å². The van der Waals surface area contributed by atoms with Crippen molar-refractivity contribution in [3.05, 3.63) is 39.9 Å². The van der Waals surface area contributed by atoms with E-state index in [1.807, 2.05) is 0 Å². The molecule has 4 rings (SSSR count). The van der Waals surface area contributed by atoms with Crippen molar-refractivity contribution < 1.29 is 67.5 Å². The number of likely N-dealkylation sites (N-methyl/N-ethyl adjacent to an activating group) is 1. The molecule has 33 heavy (non-hydrogen) atoms. The van der Waals surface area contributed by atoms with Crippen LogP contribution in [-0.2, 0) is 47.1 Å². The monoisotopic (exact) mass is 531 g/mol. The number of rotatable bonds is 2. The third-order valence-corrected chi connectivity index (χ3v) is 7.05. The van der Waals surface area contributed by atoms with Crippen molar-refractivity contribution in [1.29, 1.82) is 0 Å². The number of aliphatic hydroxyl groups excluding tert-OH is 2. The topological polar surface area (TPSA) is 174 Å². The second-order valence-corrected chi connectivity index (χ2v) is 8.90. The molecule has 0 bridgehead atoms. The van der Waals surface area contributed by atoms with Crippen LogP contribution < -0.4 is 5.73 Å². The molecule has 3 aliphatic carbocycles. The number of hydrogen-bond donors (Lipinski definition) is 5. The summed E-state index contributed by atoms with van der Waals surface area (Å²) in [5.74, 6) is -7.30. The minimum Gasteiger partial charge on any atom is -0.531 e. The molecule has 6 N–H and O–H groups in total. The van der Waals surface area contributed by atoms with E-state index in [0.717, 1.165) is 0 Å². The zero-order valence-corrected chi connectivity index (χ0v) is 21.4. The van der Waals surface area contributed by atoms with Crippen LogP contribution in [0.5, 0.6) is 5.75 Å². The number of carbonyl (C=O) groups excluding carboxylic acids is 3. The van der Waals surface area contributed by atoms with Crippen molar-refractivity contribution in [3.63, 3.8) is 0 Å². The SMILES string of the molecule is Cc1n[c-]c2c(c1O)C(O)=C1C(=O)[C@]3(O)C(O)=C(C(N)=O)C(=O)[C@@H](N(C)C)[C@@H]3C[C@@H]1[C@H]2C.[Y]. The van der Waals surface area contributed by atoms with Gasteiger partial charge in [-0.3, -0.25) is 19.3 Å². The number of nitrogens with zero attached hydrogens (tertiary/aromatic N) is 2. The number of aliphatic hydroxyl groups is 3. The number of aromatic nitrogens is 1. The predicted molar refractivity (Wildman–Crippen MR) is 110 cm³/mol. The van der Waals surface area contributed by atoms with Crippen molar-refractivity contribution in [2.45, 2.75) is 37.8 Å². The van der Waals surface area contributed by atoms with Crippen LogP contribution in [-0.4, -0.2) is 73.5 Å². The van der Waals surface area contributed by atoms with Crippen molar-refractivity contribution in [2.24, 2.45) is 17.6 Å². The first-order valence-electron chi connectivity index (χ1n) is 10.1. The van der Waals surface area contributed by atoms with E-state index in [9.17, 15) is 34.8 Å². The molecular formula is C22H24N3O7Y-. The third kappa shape index (κ3) is 3.22. The summed E-state index contributed by atoms with van der Waals surface area (Å²) in [6, 6.07) is -1.12. The second kappa shape index (κ2) is 8.27. The van der Waals surface area contributed by atoms with Crippen LogP contribution in [0.4, 0.5) is 0 Å². The van der Waals surface area contributed by atoms with Gasteiger partial charge in [-0.05, 0) is 43.6 Å². The summed E-state index contributed by atoms with van der Waals surface area (Å²) in [5.41, 5.74) is 2.19. The van der Waals surface area contributed by atoms with Crippen LogP contribution >= 0.6 is 0 Å². The van der Waals surface area contributed by atoms with Gasteiger partial charge >= 0.3 is 0 Å². The van der Waals surface area contributed by atoms with Crippen LogP contribution in [0.2, 0.25) is 0 Å². The molecule has 5 atom stereocenters. The summed E-state index contributed by atoms with van der Waals surface area (Å²) in [4.78, 5) is 44.1. The Hall–Kier alpha value is -2.14. The number of primary amides is 1. The molecule has 0 aromatic carbocycles. The van der Waals surface area contributed by atoms with Gasteiger partial charge in [-0.15, -0.1) is 5.56 Å². The fourth-order valence-electron chi connectivity index (χ4n) is 5.42. The Labute approximate surface area is 215 Å². The molecule has 10 nitrogen and oxygen atoms in total. The molecule has 0 unspecified atom stereocenters. The Morgan fingerprint density at radius 1 is 1.24 bits per heavy atom. The van der Waals surface area contributed by atoms with Crippen LogP contribution in [0.1, 0.15) is 36.1 Å². The quantitative estimate of drug-likeness (QED) is 0.261. The average molecular weight is 531 g/mol. The van der Waals surface area contributed by atoms with Gasteiger partial charge in [0, 0.05) is 49.9 Å². The predicted octanol–water partition coefficient (Wildman–Crippen LogP) is 0.0261. The van der Waals surface area contributed by atoms with Gasteiger partial charge in [0.05, 0.1) is 11.8 Å². The van der Waals surface area contributed by atoms with E-state index in [-0.39, 0.29) is 61.7 Å². The maximum absolute atomic E-state index is 13.7. The zero-order valence-electron chi connectivity index (χ0n) is 18.6. The summed E-state index contributed by atoms with van der Waals surface area (Å²) in [5, 5.41) is 43.8. The number of Topliss-reactive ketones (excluding diaryl/α,β-unsaturated/α-hetero) is 2. The van der Waals surface area contributed by atoms with Crippen molar-refractivity contribution in [1.82, 2.24) is 9.88 Å². The summed E-state index contributed by atoms with van der Waals surface area (Å²) in [7, 11) is 3.10. The molecule has 3 aliphatic rings. The zero-order chi connectivity index (χ0) is 23.9. The Bertz CT molecular complexity index is 1160. The fraction of sp³-hybridized carbons (Fsp3) is 0.455. The molecule has 11 heteroatoms. The first-order valence-corrected chi connectivity index (χ1v) is 10.1. The maximum atomic E-state index is 13.7. The molecule has 1 aromatic heterocycles. The van der Waals surface area contributed by atoms with Crippen molar-refractivity contribution in [2.75, 3.05) is 14.1 Å². The fourth-order valence-corrected chi connectivity index (χ4v) is 5.42. The summed E-state index contributed by atoms with van der Waals surface area (Å²) >= 11 is 0. The molecule has 1 heterocycles. The molecule has 0 aliphatic heterocycles. The molecule has 1 fully saturated rings. The molecule has 0 saturated heterocycles. The van der Waals surface area contributed by atoms with Gasteiger partial charge in [0.25, 0.3) is 5.91 Å². The first kappa shape index (κ1) is 25.5. The first-order chi connectivity index (χ1) is 14.8. The van der Waals surface area contributed by atoms with Gasteiger partial charge in [0.1, 0.15) is 11.3 Å². The van der Waals surface area contributed by atoms with Gasteiger partial charge in [-0.25, -0.2) is 0 Å². The molecule has 1 radical (unpaired) electrons. The molecule has 1 aromatic rings. The van der Waals surface area contributed by atoms with E-state index in [4.69, 9.17) is 5.73 Å². The van der Waals surface area contributed by atoms with Crippen molar-refractivity contribution >= 4 is 23.2 Å². The van der Waals surface area contributed by atoms with Crippen LogP contribution in [0.25, 0.3) is 5.76 Å². The van der Waals surface area contributed by atoms with Crippen LogP contribution in [0, 0.1) is 25.0 Å². The van der Waals surface area contributed by atoms with E-state index in [0.29, 0.717) is 5.56 Å². The van der Waals surface area contributed by atoms with Crippen molar-refractivity contribution in [3.8, 4) is 5.75 Å². The third-order valence-electron chi connectivity index (χ3n) is 7.05. The number of aryl methyl sites for hydroxylation is 1. The second-order valence-electron chi connectivity index (χ2n) is 8.90. The smallest absolute Gasteiger partial charge is 0.255 e. The number of aromatic hydroxyl groups is 1. The number of carbonyl (C=O) groups is 3. The minimum atomic E-state index is -2.65. The van der Waals surface area contributed by atoms with E-state index >= 15 is 0 Å². The van der Waals surface area contributed by atoms with Gasteiger partial charge in [0.15, 0.2) is 11.4 Å². The minimum absolute atomic E-state index is 0. The number of amides is 1. The summed E-state index contributed by atoms with van der Waals surface area (Å²) in [6.45, 7) is 3.27. The molecule has 1 amide bonds. The van der Waals surface area contributed by atoms with Gasteiger partial charge in [-0.1, -0.05) is 20.0 Å². The number of nitrogens with two attached hydrogens (primary N) is 1. The van der Waals surface area contributed by atoms with E-state index in [1.165, 1.54) is 11.8 Å². The van der Waals surface area contributed by atoms with Crippen LogP contribution in [0.15, 0.2) is 16.9 Å². The van der Waals surface area contributed by atoms with Gasteiger partial charge in [0.2, 0.25) is 5.78 Å². The Morgan fingerprint density at radius 3 is 2.39 bits per heavy atom.